The predicted octanol–water partition coefficient (Wildman–Crippen LogP) is 2.65. The van der Waals surface area contributed by atoms with E-state index in [0.29, 0.717) is 18.9 Å². The summed E-state index contributed by atoms with van der Waals surface area (Å²) in [5, 5.41) is 13.2. The first kappa shape index (κ1) is 19.5. The molecule has 3 aromatic rings. The molecule has 0 saturated carbocycles. The number of halogens is 1. The molecule has 0 atom stereocenters. The minimum Gasteiger partial charge on any atom is -0.338 e. The van der Waals surface area contributed by atoms with E-state index < -0.39 is 0 Å². The number of nitrogens with zero attached hydrogens (tertiary/aromatic N) is 6. The van der Waals surface area contributed by atoms with Gasteiger partial charge in [-0.3, -0.25) is 9.69 Å². The van der Waals surface area contributed by atoms with Crippen LogP contribution in [0.25, 0.3) is 11.4 Å². The summed E-state index contributed by atoms with van der Waals surface area (Å²) >= 11 is 6.06. The van der Waals surface area contributed by atoms with Gasteiger partial charge < -0.3 is 4.90 Å². The van der Waals surface area contributed by atoms with Gasteiger partial charge in [-0.2, -0.15) is 4.80 Å². The Bertz CT molecular complexity index is 979. The Kier molecular flexibility index (Phi) is 5.87. The molecule has 7 nitrogen and oxygen atoms in total. The maximum Gasteiger partial charge on any atom is 0.246 e. The molecule has 1 aromatic heterocycles. The van der Waals surface area contributed by atoms with Gasteiger partial charge in [-0.05, 0) is 29.8 Å². The van der Waals surface area contributed by atoms with Crippen molar-refractivity contribution < 1.29 is 4.79 Å². The number of tetrazole rings is 1. The normalized spacial score (nSPS) is 14.9. The summed E-state index contributed by atoms with van der Waals surface area (Å²) in [5.41, 5.74) is 3.25. The molecule has 4 rings (SSSR count). The Morgan fingerprint density at radius 3 is 2.55 bits per heavy atom. The average molecular weight is 411 g/mol. The van der Waals surface area contributed by atoms with E-state index in [0.717, 1.165) is 30.2 Å². The molecule has 0 bridgehead atoms. The van der Waals surface area contributed by atoms with Crippen molar-refractivity contribution in [1.82, 2.24) is 30.0 Å². The average Bonchev–Trinajstić information content (AvgIpc) is 3.17. The largest absolute Gasteiger partial charge is 0.338 e. The van der Waals surface area contributed by atoms with E-state index in [1.165, 1.54) is 15.9 Å². The van der Waals surface area contributed by atoms with Crippen molar-refractivity contribution in [3.05, 3.63) is 64.7 Å². The number of hydrogen-bond donors (Lipinski definition) is 0. The van der Waals surface area contributed by atoms with Crippen LogP contribution < -0.4 is 0 Å². The number of benzene rings is 2. The summed E-state index contributed by atoms with van der Waals surface area (Å²) in [5.74, 6) is 0.546. The third-order valence-electron chi connectivity index (χ3n) is 5.06. The van der Waals surface area contributed by atoms with E-state index in [1.807, 2.05) is 54.3 Å². The van der Waals surface area contributed by atoms with Crippen LogP contribution in [0.2, 0.25) is 5.02 Å². The lowest BCUT2D eigenvalue weighted by atomic mass is 10.1. The van der Waals surface area contributed by atoms with Gasteiger partial charge in [-0.15, -0.1) is 10.2 Å². The molecule has 2 heterocycles. The first-order chi connectivity index (χ1) is 14.1. The molecule has 0 radical (unpaired) electrons. The quantitative estimate of drug-likeness (QED) is 0.646. The molecule has 29 heavy (non-hydrogen) atoms. The molecule has 0 aliphatic carbocycles. The van der Waals surface area contributed by atoms with Crippen LogP contribution in [0.4, 0.5) is 0 Å². The molecule has 1 saturated heterocycles. The second kappa shape index (κ2) is 8.71. The van der Waals surface area contributed by atoms with Gasteiger partial charge in [0.15, 0.2) is 0 Å². The monoisotopic (exact) mass is 410 g/mol. The minimum atomic E-state index is 0.0141. The maximum absolute atomic E-state index is 12.6. The minimum absolute atomic E-state index is 0.0141. The Morgan fingerprint density at radius 1 is 1.07 bits per heavy atom. The molecular formula is C21H23ClN6O. The number of aryl methyl sites for hydroxylation is 1. The van der Waals surface area contributed by atoms with Gasteiger partial charge in [-0.25, -0.2) is 0 Å². The van der Waals surface area contributed by atoms with Gasteiger partial charge >= 0.3 is 0 Å². The van der Waals surface area contributed by atoms with Crippen LogP contribution in [0.15, 0.2) is 48.5 Å². The first-order valence-corrected chi connectivity index (χ1v) is 10.0. The zero-order chi connectivity index (χ0) is 20.2. The maximum atomic E-state index is 12.6. The SMILES string of the molecule is Cc1ccc(-c2nnn(CC(=O)N3CCN(Cc4cccc(Cl)c4)CC3)n2)cc1. The molecule has 1 fully saturated rings. The number of aromatic nitrogens is 4. The van der Waals surface area contributed by atoms with Crippen LogP contribution >= 0.6 is 11.6 Å². The Labute approximate surface area is 174 Å². The molecule has 1 aliphatic rings. The molecule has 1 aliphatic heterocycles. The summed E-state index contributed by atoms with van der Waals surface area (Å²) < 4.78 is 0. The molecule has 1 amide bonds. The van der Waals surface area contributed by atoms with Crippen molar-refractivity contribution in [2.75, 3.05) is 26.2 Å². The van der Waals surface area contributed by atoms with E-state index in [4.69, 9.17) is 11.6 Å². The molecule has 0 unspecified atom stereocenters. The highest BCUT2D eigenvalue weighted by Crippen LogP contribution is 2.15. The fraction of sp³-hybridized carbons (Fsp3) is 0.333. The number of carbonyl (C=O) groups excluding carboxylic acids is 1. The van der Waals surface area contributed by atoms with Crippen LogP contribution in [0.3, 0.4) is 0 Å². The highest BCUT2D eigenvalue weighted by atomic mass is 35.5. The first-order valence-electron chi connectivity index (χ1n) is 9.66. The lowest BCUT2D eigenvalue weighted by molar-refractivity contribution is -0.134. The Balaban J connectivity index is 1.29. The molecule has 0 N–H and O–H groups in total. The molecule has 8 heteroatoms. The number of amides is 1. The summed E-state index contributed by atoms with van der Waals surface area (Å²) in [7, 11) is 0. The third-order valence-corrected chi connectivity index (χ3v) is 5.29. The lowest BCUT2D eigenvalue weighted by Gasteiger charge is -2.34. The van der Waals surface area contributed by atoms with Crippen molar-refractivity contribution in [2.24, 2.45) is 0 Å². The van der Waals surface area contributed by atoms with Gasteiger partial charge in [0.05, 0.1) is 0 Å². The van der Waals surface area contributed by atoms with Gasteiger partial charge in [0.2, 0.25) is 11.7 Å². The number of rotatable bonds is 5. The number of piperazine rings is 1. The van der Waals surface area contributed by atoms with E-state index in [2.05, 4.69) is 26.4 Å². The molecule has 2 aromatic carbocycles. The van der Waals surface area contributed by atoms with E-state index in [-0.39, 0.29) is 12.5 Å². The predicted molar refractivity (Wildman–Crippen MR) is 111 cm³/mol. The van der Waals surface area contributed by atoms with Gasteiger partial charge in [0.25, 0.3) is 0 Å². The van der Waals surface area contributed by atoms with Crippen molar-refractivity contribution in [3.63, 3.8) is 0 Å². The summed E-state index contributed by atoms with van der Waals surface area (Å²) in [4.78, 5) is 18.2. The van der Waals surface area contributed by atoms with Crippen LogP contribution in [0.5, 0.6) is 0 Å². The zero-order valence-corrected chi connectivity index (χ0v) is 17.1. The second-order valence-electron chi connectivity index (χ2n) is 7.30. The van der Waals surface area contributed by atoms with Crippen molar-refractivity contribution in [1.29, 1.82) is 0 Å². The number of hydrogen-bond acceptors (Lipinski definition) is 5. The van der Waals surface area contributed by atoms with Gasteiger partial charge in [0, 0.05) is 43.3 Å². The van der Waals surface area contributed by atoms with E-state index in [1.54, 1.807) is 0 Å². The van der Waals surface area contributed by atoms with Crippen molar-refractivity contribution >= 4 is 17.5 Å². The fourth-order valence-electron chi connectivity index (χ4n) is 3.40. The molecule has 150 valence electrons. The lowest BCUT2D eigenvalue weighted by Crippen LogP contribution is -2.49. The van der Waals surface area contributed by atoms with E-state index in [9.17, 15) is 4.79 Å². The smallest absolute Gasteiger partial charge is 0.246 e. The highest BCUT2D eigenvalue weighted by molar-refractivity contribution is 6.30. The standard InChI is InChI=1S/C21H23ClN6O/c1-16-5-7-18(8-6-16)21-23-25-28(24-21)15-20(29)27-11-9-26(10-12-27)14-17-3-2-4-19(22)13-17/h2-8,13H,9-12,14-15H2,1H3. The second-order valence-corrected chi connectivity index (χ2v) is 7.73. The summed E-state index contributed by atoms with van der Waals surface area (Å²) in [6, 6.07) is 15.8. The third kappa shape index (κ3) is 4.99. The van der Waals surface area contributed by atoms with Gasteiger partial charge in [-0.1, -0.05) is 53.6 Å². The Morgan fingerprint density at radius 2 is 1.83 bits per heavy atom. The van der Waals surface area contributed by atoms with Crippen LogP contribution in [-0.2, 0) is 17.9 Å². The highest BCUT2D eigenvalue weighted by Gasteiger charge is 2.22. The molecule has 0 spiro atoms. The topological polar surface area (TPSA) is 67.2 Å². The van der Waals surface area contributed by atoms with Crippen molar-refractivity contribution in [3.8, 4) is 11.4 Å². The summed E-state index contributed by atoms with van der Waals surface area (Å²) in [6.45, 7) is 6.02. The zero-order valence-electron chi connectivity index (χ0n) is 16.3. The van der Waals surface area contributed by atoms with E-state index >= 15 is 0 Å². The van der Waals surface area contributed by atoms with Gasteiger partial charge in [0.1, 0.15) is 6.54 Å². The Hall–Kier alpha value is -2.77. The van der Waals surface area contributed by atoms with Crippen LogP contribution in [-0.4, -0.2) is 62.1 Å². The number of carbonyl (C=O) groups is 1. The fourth-order valence-corrected chi connectivity index (χ4v) is 3.61. The summed E-state index contributed by atoms with van der Waals surface area (Å²) in [6.07, 6.45) is 0. The molecular weight excluding hydrogens is 388 g/mol. The van der Waals surface area contributed by atoms with Crippen LogP contribution in [0, 0.1) is 6.92 Å². The van der Waals surface area contributed by atoms with Crippen LogP contribution in [0.1, 0.15) is 11.1 Å². The van der Waals surface area contributed by atoms with Crippen molar-refractivity contribution in [2.45, 2.75) is 20.0 Å².